The molecule has 1 aromatic heterocycles. The van der Waals surface area contributed by atoms with Gasteiger partial charge in [-0.15, -0.1) is 0 Å². The van der Waals surface area contributed by atoms with Crippen molar-refractivity contribution >= 4 is 28.6 Å². The van der Waals surface area contributed by atoms with Gasteiger partial charge in [0, 0.05) is 13.6 Å². The molecule has 2 aromatic carbocycles. The van der Waals surface area contributed by atoms with E-state index in [1.54, 1.807) is 31.3 Å². The van der Waals surface area contributed by atoms with Crippen LogP contribution < -0.4 is 16.8 Å². The maximum Gasteiger partial charge on any atom is 0.244 e. The molecule has 0 fully saturated rings. The Morgan fingerprint density at radius 3 is 2.70 bits per heavy atom. The van der Waals surface area contributed by atoms with Gasteiger partial charge in [-0.05, 0) is 23.3 Å². The summed E-state index contributed by atoms with van der Waals surface area (Å²) >= 11 is 0. The summed E-state index contributed by atoms with van der Waals surface area (Å²) in [6.07, 6.45) is 0. The van der Waals surface area contributed by atoms with Crippen molar-refractivity contribution in [1.29, 1.82) is 0 Å². The van der Waals surface area contributed by atoms with Crippen molar-refractivity contribution in [2.45, 2.75) is 12.6 Å². The zero-order valence-corrected chi connectivity index (χ0v) is 14.9. The smallest absolute Gasteiger partial charge is 0.244 e. The van der Waals surface area contributed by atoms with Crippen LogP contribution in [0.2, 0.25) is 0 Å². The van der Waals surface area contributed by atoms with Gasteiger partial charge in [0.25, 0.3) is 0 Å². The molecule has 8 nitrogen and oxygen atoms in total. The molecule has 0 bridgehead atoms. The molecule has 0 saturated carbocycles. The number of nitrogens with two attached hydrogens (primary N) is 2. The minimum Gasteiger partial charge on any atom is -0.380 e. The van der Waals surface area contributed by atoms with E-state index in [2.05, 4.69) is 10.5 Å². The summed E-state index contributed by atoms with van der Waals surface area (Å²) in [6, 6.07) is 13.6. The number of anilines is 1. The Kier molecular flexibility index (Phi) is 5.37. The lowest BCUT2D eigenvalue weighted by Crippen LogP contribution is -2.42. The SMILES string of the molecule is CN(CC(=O)NCc1ccc2c(N)noc2c1)C(=O)[C@H](N)c1ccccc1. The number of fused-ring (bicyclic) bond motifs is 1. The molecule has 27 heavy (non-hydrogen) atoms. The first kappa shape index (κ1) is 18.4. The molecule has 0 unspecified atom stereocenters. The van der Waals surface area contributed by atoms with Crippen LogP contribution in [0.3, 0.4) is 0 Å². The summed E-state index contributed by atoms with van der Waals surface area (Å²) in [5.41, 5.74) is 13.8. The zero-order chi connectivity index (χ0) is 19.4. The van der Waals surface area contributed by atoms with Crippen LogP contribution in [0.5, 0.6) is 0 Å². The number of hydrogen-bond donors (Lipinski definition) is 3. The first-order valence-corrected chi connectivity index (χ1v) is 8.41. The molecule has 3 aromatic rings. The number of nitrogens with zero attached hydrogens (tertiary/aromatic N) is 2. The molecule has 0 aliphatic rings. The van der Waals surface area contributed by atoms with Gasteiger partial charge in [-0.1, -0.05) is 41.6 Å². The van der Waals surface area contributed by atoms with Crippen molar-refractivity contribution in [3.8, 4) is 0 Å². The number of benzene rings is 2. The van der Waals surface area contributed by atoms with Crippen molar-refractivity contribution in [2.75, 3.05) is 19.3 Å². The third-order valence-electron chi connectivity index (χ3n) is 4.24. The van der Waals surface area contributed by atoms with E-state index >= 15 is 0 Å². The number of carbonyl (C=O) groups is 2. The molecule has 0 radical (unpaired) electrons. The molecule has 140 valence electrons. The molecule has 0 spiro atoms. The van der Waals surface area contributed by atoms with Crippen LogP contribution in [-0.4, -0.2) is 35.5 Å². The number of rotatable bonds is 6. The zero-order valence-electron chi connectivity index (χ0n) is 14.9. The number of aromatic nitrogens is 1. The molecule has 2 amide bonds. The quantitative estimate of drug-likeness (QED) is 0.600. The largest absolute Gasteiger partial charge is 0.380 e. The second kappa shape index (κ2) is 7.88. The summed E-state index contributed by atoms with van der Waals surface area (Å²) in [6.45, 7) is 0.207. The van der Waals surface area contributed by atoms with E-state index in [9.17, 15) is 9.59 Å². The highest BCUT2D eigenvalue weighted by molar-refractivity contribution is 5.88. The summed E-state index contributed by atoms with van der Waals surface area (Å²) in [4.78, 5) is 25.9. The van der Waals surface area contributed by atoms with Crippen LogP contribution in [0.25, 0.3) is 11.0 Å². The van der Waals surface area contributed by atoms with E-state index in [-0.39, 0.29) is 18.4 Å². The van der Waals surface area contributed by atoms with Gasteiger partial charge in [0.15, 0.2) is 11.4 Å². The molecule has 5 N–H and O–H groups in total. The fraction of sp³-hybridized carbons (Fsp3) is 0.211. The molecule has 1 heterocycles. The monoisotopic (exact) mass is 367 g/mol. The van der Waals surface area contributed by atoms with Crippen molar-refractivity contribution < 1.29 is 14.1 Å². The number of hydrogen-bond acceptors (Lipinski definition) is 6. The van der Waals surface area contributed by atoms with Crippen LogP contribution in [-0.2, 0) is 16.1 Å². The molecule has 8 heteroatoms. The lowest BCUT2D eigenvalue weighted by Gasteiger charge is -2.21. The molecule has 1 atom stereocenters. The average molecular weight is 367 g/mol. The van der Waals surface area contributed by atoms with Crippen molar-refractivity contribution in [1.82, 2.24) is 15.4 Å². The predicted octanol–water partition coefficient (Wildman–Crippen LogP) is 1.18. The van der Waals surface area contributed by atoms with E-state index in [4.69, 9.17) is 16.0 Å². The Labute approximate surface area is 156 Å². The maximum atomic E-state index is 12.4. The molecule has 3 rings (SSSR count). The Balaban J connectivity index is 1.54. The molecule has 0 aliphatic carbocycles. The van der Waals surface area contributed by atoms with Gasteiger partial charge >= 0.3 is 0 Å². The third kappa shape index (κ3) is 4.24. The van der Waals surface area contributed by atoms with E-state index in [1.807, 2.05) is 24.3 Å². The molecular weight excluding hydrogens is 346 g/mol. The second-order valence-corrected chi connectivity index (χ2v) is 6.26. The summed E-state index contributed by atoms with van der Waals surface area (Å²) in [7, 11) is 1.55. The Hall–Kier alpha value is -3.39. The highest BCUT2D eigenvalue weighted by Gasteiger charge is 2.21. The average Bonchev–Trinajstić information content (AvgIpc) is 3.06. The molecule has 0 aliphatic heterocycles. The van der Waals surface area contributed by atoms with Crippen molar-refractivity contribution in [3.05, 3.63) is 59.7 Å². The number of likely N-dealkylation sites (N-methyl/N-ethyl adjacent to an activating group) is 1. The normalized spacial score (nSPS) is 11.9. The summed E-state index contributed by atoms with van der Waals surface area (Å²) < 4.78 is 5.11. The topological polar surface area (TPSA) is 127 Å². The van der Waals surface area contributed by atoms with Crippen molar-refractivity contribution in [2.24, 2.45) is 5.73 Å². The Bertz CT molecular complexity index is 954. The van der Waals surface area contributed by atoms with E-state index < -0.39 is 6.04 Å². The first-order valence-electron chi connectivity index (χ1n) is 8.41. The van der Waals surface area contributed by atoms with E-state index in [1.165, 1.54) is 4.90 Å². The summed E-state index contributed by atoms with van der Waals surface area (Å²) in [5, 5.41) is 7.19. The lowest BCUT2D eigenvalue weighted by atomic mass is 10.1. The van der Waals surface area contributed by atoms with Gasteiger partial charge < -0.3 is 26.2 Å². The third-order valence-corrected chi connectivity index (χ3v) is 4.24. The highest BCUT2D eigenvalue weighted by atomic mass is 16.5. The Morgan fingerprint density at radius 2 is 1.96 bits per heavy atom. The van der Waals surface area contributed by atoms with Gasteiger partial charge in [0.05, 0.1) is 11.9 Å². The van der Waals surface area contributed by atoms with Crippen LogP contribution >= 0.6 is 0 Å². The van der Waals surface area contributed by atoms with E-state index in [0.29, 0.717) is 23.5 Å². The fourth-order valence-corrected chi connectivity index (χ4v) is 2.70. The van der Waals surface area contributed by atoms with Gasteiger partial charge in [-0.25, -0.2) is 0 Å². The number of nitrogens with one attached hydrogen (secondary N) is 1. The first-order chi connectivity index (χ1) is 13.0. The van der Waals surface area contributed by atoms with Crippen LogP contribution in [0.1, 0.15) is 17.2 Å². The summed E-state index contributed by atoms with van der Waals surface area (Å²) in [5.74, 6) is -0.284. The minimum atomic E-state index is -0.802. The highest BCUT2D eigenvalue weighted by Crippen LogP contribution is 2.21. The number of carbonyl (C=O) groups excluding carboxylic acids is 2. The lowest BCUT2D eigenvalue weighted by molar-refractivity contribution is -0.135. The molecular formula is C19H21N5O3. The Morgan fingerprint density at radius 1 is 1.22 bits per heavy atom. The predicted molar refractivity (Wildman–Crippen MR) is 101 cm³/mol. The van der Waals surface area contributed by atoms with Gasteiger partial charge in [0.1, 0.15) is 6.04 Å². The van der Waals surface area contributed by atoms with Gasteiger partial charge in [-0.2, -0.15) is 0 Å². The van der Waals surface area contributed by atoms with Gasteiger partial charge in [0.2, 0.25) is 11.8 Å². The second-order valence-electron chi connectivity index (χ2n) is 6.26. The van der Waals surface area contributed by atoms with E-state index in [0.717, 1.165) is 10.9 Å². The van der Waals surface area contributed by atoms with Crippen molar-refractivity contribution in [3.63, 3.8) is 0 Å². The fourth-order valence-electron chi connectivity index (χ4n) is 2.70. The number of nitrogen functional groups attached to an aromatic ring is 1. The number of amides is 2. The molecule has 0 saturated heterocycles. The van der Waals surface area contributed by atoms with Crippen LogP contribution in [0.15, 0.2) is 53.1 Å². The standard InChI is InChI=1S/C19H21N5O3/c1-24(19(26)17(20)13-5-3-2-4-6-13)11-16(25)22-10-12-7-8-14-15(9-12)27-23-18(14)21/h2-9,17H,10-11,20H2,1H3,(H2,21,23)(H,22,25)/t17-/m1/s1. The van der Waals surface area contributed by atoms with Crippen LogP contribution in [0, 0.1) is 0 Å². The van der Waals surface area contributed by atoms with Gasteiger partial charge in [-0.3, -0.25) is 9.59 Å². The minimum absolute atomic E-state index is 0.0864. The maximum absolute atomic E-state index is 12.4. The van der Waals surface area contributed by atoms with Crippen LogP contribution in [0.4, 0.5) is 5.82 Å².